The van der Waals surface area contributed by atoms with Crippen LogP contribution in [0.5, 0.6) is 0 Å². The molecule has 0 aliphatic heterocycles. The SMILES string of the molecule is Cc1[nH]cnc1CNc1cccc(CO)c1. The zero-order chi connectivity index (χ0) is 11.4. The molecule has 3 N–H and O–H groups in total. The van der Waals surface area contributed by atoms with Crippen molar-refractivity contribution in [2.45, 2.75) is 20.1 Å². The summed E-state index contributed by atoms with van der Waals surface area (Å²) in [5.74, 6) is 0. The molecule has 16 heavy (non-hydrogen) atoms. The van der Waals surface area contributed by atoms with Crippen molar-refractivity contribution < 1.29 is 5.11 Å². The van der Waals surface area contributed by atoms with Crippen LogP contribution in [0.25, 0.3) is 0 Å². The van der Waals surface area contributed by atoms with Gasteiger partial charge in [0.05, 0.1) is 25.2 Å². The molecule has 84 valence electrons. The summed E-state index contributed by atoms with van der Waals surface area (Å²) >= 11 is 0. The lowest BCUT2D eigenvalue weighted by Gasteiger charge is -2.06. The van der Waals surface area contributed by atoms with Crippen molar-refractivity contribution in [1.29, 1.82) is 0 Å². The van der Waals surface area contributed by atoms with Crippen LogP contribution in [-0.4, -0.2) is 15.1 Å². The monoisotopic (exact) mass is 217 g/mol. The fourth-order valence-corrected chi connectivity index (χ4v) is 1.53. The first-order chi connectivity index (χ1) is 7.79. The molecule has 1 aromatic carbocycles. The van der Waals surface area contributed by atoms with Gasteiger partial charge in [0.2, 0.25) is 0 Å². The second kappa shape index (κ2) is 4.81. The number of nitrogens with one attached hydrogen (secondary N) is 2. The number of aromatic amines is 1. The average Bonchev–Trinajstić information content (AvgIpc) is 2.72. The van der Waals surface area contributed by atoms with Crippen LogP contribution in [0.1, 0.15) is 17.0 Å². The van der Waals surface area contributed by atoms with E-state index in [0.29, 0.717) is 6.54 Å². The fourth-order valence-electron chi connectivity index (χ4n) is 1.53. The Kier molecular flexibility index (Phi) is 3.22. The summed E-state index contributed by atoms with van der Waals surface area (Å²) < 4.78 is 0. The number of benzene rings is 1. The molecule has 0 aliphatic carbocycles. The highest BCUT2D eigenvalue weighted by molar-refractivity contribution is 5.45. The number of aliphatic hydroxyl groups is 1. The highest BCUT2D eigenvalue weighted by Gasteiger charge is 2.00. The Labute approximate surface area is 94.4 Å². The van der Waals surface area contributed by atoms with Gasteiger partial charge in [-0.15, -0.1) is 0 Å². The molecule has 0 atom stereocenters. The standard InChI is InChI=1S/C12H15N3O/c1-9-12(15-8-14-9)6-13-11-4-2-3-10(5-11)7-16/h2-5,8,13,16H,6-7H2,1H3,(H,14,15). The number of hydrogen-bond acceptors (Lipinski definition) is 3. The van der Waals surface area contributed by atoms with Gasteiger partial charge in [0.1, 0.15) is 0 Å². The molecule has 2 aromatic rings. The van der Waals surface area contributed by atoms with Gasteiger partial charge in [-0.2, -0.15) is 0 Å². The topological polar surface area (TPSA) is 60.9 Å². The zero-order valence-corrected chi connectivity index (χ0v) is 9.20. The predicted octanol–water partition coefficient (Wildman–Crippen LogP) is 1.82. The first kappa shape index (κ1) is 10.7. The quantitative estimate of drug-likeness (QED) is 0.732. The van der Waals surface area contributed by atoms with Crippen molar-refractivity contribution >= 4 is 5.69 Å². The minimum Gasteiger partial charge on any atom is -0.392 e. The van der Waals surface area contributed by atoms with Gasteiger partial charge in [0.25, 0.3) is 0 Å². The molecule has 0 fully saturated rings. The van der Waals surface area contributed by atoms with E-state index in [4.69, 9.17) is 5.11 Å². The molecule has 0 saturated carbocycles. The first-order valence-corrected chi connectivity index (χ1v) is 5.22. The van der Waals surface area contributed by atoms with E-state index in [0.717, 1.165) is 22.6 Å². The molecule has 4 nitrogen and oxygen atoms in total. The molecule has 0 unspecified atom stereocenters. The zero-order valence-electron chi connectivity index (χ0n) is 9.20. The van der Waals surface area contributed by atoms with Crippen molar-refractivity contribution in [3.8, 4) is 0 Å². The molecule has 1 aromatic heterocycles. The number of H-pyrrole nitrogens is 1. The third-order valence-corrected chi connectivity index (χ3v) is 2.50. The fraction of sp³-hybridized carbons (Fsp3) is 0.250. The van der Waals surface area contributed by atoms with Crippen LogP contribution in [0.15, 0.2) is 30.6 Å². The highest BCUT2D eigenvalue weighted by atomic mass is 16.3. The highest BCUT2D eigenvalue weighted by Crippen LogP contribution is 2.12. The summed E-state index contributed by atoms with van der Waals surface area (Å²) in [7, 11) is 0. The Morgan fingerprint density at radius 2 is 2.31 bits per heavy atom. The maximum absolute atomic E-state index is 9.01. The number of aliphatic hydroxyl groups excluding tert-OH is 1. The predicted molar refractivity (Wildman–Crippen MR) is 63.0 cm³/mol. The van der Waals surface area contributed by atoms with E-state index in [1.54, 1.807) is 6.33 Å². The first-order valence-electron chi connectivity index (χ1n) is 5.22. The number of hydrogen-bond donors (Lipinski definition) is 3. The molecule has 1 heterocycles. The van der Waals surface area contributed by atoms with Crippen molar-refractivity contribution in [2.24, 2.45) is 0 Å². The van der Waals surface area contributed by atoms with Crippen LogP contribution in [-0.2, 0) is 13.2 Å². The van der Waals surface area contributed by atoms with Crippen molar-refractivity contribution in [1.82, 2.24) is 9.97 Å². The van der Waals surface area contributed by atoms with Gasteiger partial charge in [-0.05, 0) is 24.6 Å². The van der Waals surface area contributed by atoms with Crippen LogP contribution in [0.4, 0.5) is 5.69 Å². The van der Waals surface area contributed by atoms with Crippen molar-refractivity contribution in [3.05, 3.63) is 47.5 Å². The van der Waals surface area contributed by atoms with Crippen LogP contribution in [0.3, 0.4) is 0 Å². The van der Waals surface area contributed by atoms with Gasteiger partial charge in [-0.25, -0.2) is 4.98 Å². The minimum absolute atomic E-state index is 0.0664. The van der Waals surface area contributed by atoms with Crippen LogP contribution in [0.2, 0.25) is 0 Å². The second-order valence-electron chi connectivity index (χ2n) is 3.69. The van der Waals surface area contributed by atoms with E-state index in [2.05, 4.69) is 15.3 Å². The molecular weight excluding hydrogens is 202 g/mol. The summed E-state index contributed by atoms with van der Waals surface area (Å²) in [5.41, 5.74) is 3.98. The van der Waals surface area contributed by atoms with E-state index < -0.39 is 0 Å². The van der Waals surface area contributed by atoms with Crippen LogP contribution >= 0.6 is 0 Å². The lowest BCUT2D eigenvalue weighted by Crippen LogP contribution is -2.01. The average molecular weight is 217 g/mol. The largest absolute Gasteiger partial charge is 0.392 e. The van der Waals surface area contributed by atoms with Gasteiger partial charge < -0.3 is 15.4 Å². The summed E-state index contributed by atoms with van der Waals surface area (Å²) in [6.45, 7) is 2.75. The molecular formula is C12H15N3O. The Morgan fingerprint density at radius 3 is 3.00 bits per heavy atom. The second-order valence-corrected chi connectivity index (χ2v) is 3.69. The summed E-state index contributed by atoms with van der Waals surface area (Å²) in [6, 6.07) is 7.72. The molecule has 0 amide bonds. The summed E-state index contributed by atoms with van der Waals surface area (Å²) in [6.07, 6.45) is 1.69. The number of rotatable bonds is 4. The van der Waals surface area contributed by atoms with Gasteiger partial charge in [-0.3, -0.25) is 0 Å². The van der Waals surface area contributed by atoms with Crippen molar-refractivity contribution in [2.75, 3.05) is 5.32 Å². The number of aromatic nitrogens is 2. The molecule has 2 rings (SSSR count). The van der Waals surface area contributed by atoms with Gasteiger partial charge in [0.15, 0.2) is 0 Å². The third-order valence-electron chi connectivity index (χ3n) is 2.50. The van der Waals surface area contributed by atoms with Gasteiger partial charge in [0, 0.05) is 11.4 Å². The lowest BCUT2D eigenvalue weighted by atomic mass is 10.2. The van der Waals surface area contributed by atoms with E-state index >= 15 is 0 Å². The van der Waals surface area contributed by atoms with E-state index in [9.17, 15) is 0 Å². The number of nitrogens with zero attached hydrogens (tertiary/aromatic N) is 1. The molecule has 0 saturated heterocycles. The lowest BCUT2D eigenvalue weighted by molar-refractivity contribution is 0.282. The van der Waals surface area contributed by atoms with E-state index in [1.165, 1.54) is 0 Å². The maximum atomic E-state index is 9.01. The van der Waals surface area contributed by atoms with Gasteiger partial charge in [-0.1, -0.05) is 12.1 Å². The molecule has 0 radical (unpaired) electrons. The molecule has 0 spiro atoms. The Balaban J connectivity index is 2.02. The van der Waals surface area contributed by atoms with E-state index in [-0.39, 0.29) is 6.61 Å². The molecule has 0 bridgehead atoms. The maximum Gasteiger partial charge on any atom is 0.0925 e. The van der Waals surface area contributed by atoms with Crippen LogP contribution in [0, 0.1) is 6.92 Å². The smallest absolute Gasteiger partial charge is 0.0925 e. The van der Waals surface area contributed by atoms with Gasteiger partial charge >= 0.3 is 0 Å². The minimum atomic E-state index is 0.0664. The summed E-state index contributed by atoms with van der Waals surface area (Å²) in [5, 5.41) is 12.3. The number of aryl methyl sites for hydroxylation is 1. The summed E-state index contributed by atoms with van der Waals surface area (Å²) in [4.78, 5) is 7.24. The Morgan fingerprint density at radius 1 is 1.44 bits per heavy atom. The third kappa shape index (κ3) is 2.41. The van der Waals surface area contributed by atoms with Crippen LogP contribution < -0.4 is 5.32 Å². The van der Waals surface area contributed by atoms with Crippen molar-refractivity contribution in [3.63, 3.8) is 0 Å². The Bertz CT molecular complexity index is 465. The number of anilines is 1. The molecule has 4 heteroatoms. The Hall–Kier alpha value is -1.81. The van der Waals surface area contributed by atoms with E-state index in [1.807, 2.05) is 31.2 Å². The molecule has 0 aliphatic rings. The normalized spacial score (nSPS) is 10.4. The number of imidazole rings is 1.